The number of aromatic amines is 1. The van der Waals surface area contributed by atoms with Gasteiger partial charge in [-0.25, -0.2) is 0 Å². The molecular weight excluding hydrogens is 501 g/mol. The Morgan fingerprint density at radius 1 is 0.707 bits per heavy atom. The second kappa shape index (κ2) is 7.61. The second-order valence-corrected chi connectivity index (χ2v) is 11.6. The van der Waals surface area contributed by atoms with Gasteiger partial charge in [-0.2, -0.15) is 0 Å². The van der Waals surface area contributed by atoms with Gasteiger partial charge in [0.1, 0.15) is 16.9 Å². The van der Waals surface area contributed by atoms with E-state index < -0.39 is 0 Å². The molecule has 0 bridgehead atoms. The van der Waals surface area contributed by atoms with Crippen LogP contribution in [0.3, 0.4) is 0 Å². The summed E-state index contributed by atoms with van der Waals surface area (Å²) in [5.41, 5.74) is 16.7. The SMILES string of the molecule is Cc1cc(-c2cccc3c2[nH]c2c4ccccc4oc32)c2c(c1)C1Cc3c(oc4ccccc34)-c3cccc(c31)[B]2. The first-order chi connectivity index (χ1) is 20.2. The number of para-hydroxylation sites is 3. The summed E-state index contributed by atoms with van der Waals surface area (Å²) in [5, 5.41) is 3.47. The number of furan rings is 2. The molecule has 1 aliphatic heterocycles. The molecule has 8 aromatic rings. The Hall–Kier alpha value is -4.96. The van der Waals surface area contributed by atoms with Crippen LogP contribution in [0.2, 0.25) is 0 Å². The zero-order valence-electron chi connectivity index (χ0n) is 22.4. The van der Waals surface area contributed by atoms with Crippen LogP contribution in [-0.2, 0) is 6.42 Å². The first kappa shape index (κ1) is 21.8. The Kier molecular flexibility index (Phi) is 4.05. The van der Waals surface area contributed by atoms with Gasteiger partial charge in [-0.1, -0.05) is 89.3 Å². The highest BCUT2D eigenvalue weighted by Crippen LogP contribution is 2.47. The van der Waals surface area contributed by atoms with E-state index in [1.165, 1.54) is 55.3 Å². The van der Waals surface area contributed by atoms with Crippen LogP contribution in [0.1, 0.15) is 28.2 Å². The lowest BCUT2D eigenvalue weighted by molar-refractivity contribution is 0.616. The van der Waals surface area contributed by atoms with Gasteiger partial charge in [0.15, 0.2) is 12.9 Å². The quantitative estimate of drug-likeness (QED) is 0.221. The van der Waals surface area contributed by atoms with E-state index in [4.69, 9.17) is 8.83 Å². The summed E-state index contributed by atoms with van der Waals surface area (Å²) in [6.07, 6.45) is 0.936. The van der Waals surface area contributed by atoms with Crippen LogP contribution >= 0.6 is 0 Å². The lowest BCUT2D eigenvalue weighted by Gasteiger charge is -2.35. The maximum Gasteiger partial charge on any atom is 0.193 e. The third-order valence-electron chi connectivity index (χ3n) is 9.32. The van der Waals surface area contributed by atoms with Crippen molar-refractivity contribution in [1.82, 2.24) is 4.98 Å². The van der Waals surface area contributed by atoms with Gasteiger partial charge in [0, 0.05) is 38.8 Å². The molecule has 3 nitrogen and oxygen atoms in total. The highest BCUT2D eigenvalue weighted by Gasteiger charge is 2.37. The largest absolute Gasteiger partial charge is 0.456 e. The smallest absolute Gasteiger partial charge is 0.193 e. The zero-order chi connectivity index (χ0) is 26.8. The summed E-state index contributed by atoms with van der Waals surface area (Å²) >= 11 is 0. The molecule has 0 saturated heterocycles. The molecule has 10 rings (SSSR count). The minimum atomic E-state index is 0.274. The number of benzene rings is 5. The number of H-pyrrole nitrogens is 1. The van der Waals surface area contributed by atoms with E-state index in [1.54, 1.807) is 0 Å². The molecule has 1 radical (unpaired) electrons. The van der Waals surface area contributed by atoms with Crippen molar-refractivity contribution in [1.29, 1.82) is 0 Å². The van der Waals surface area contributed by atoms with E-state index in [1.807, 2.05) is 12.1 Å². The van der Waals surface area contributed by atoms with Gasteiger partial charge in [0.05, 0.1) is 11.0 Å². The third-order valence-corrected chi connectivity index (χ3v) is 9.32. The fourth-order valence-electron chi connectivity index (χ4n) is 7.62. The van der Waals surface area contributed by atoms with Crippen LogP contribution in [0.25, 0.3) is 66.4 Å². The number of hydrogen-bond acceptors (Lipinski definition) is 2. The van der Waals surface area contributed by atoms with Crippen LogP contribution < -0.4 is 10.9 Å². The number of aromatic nitrogens is 1. The van der Waals surface area contributed by atoms with E-state index in [0.717, 1.165) is 50.7 Å². The van der Waals surface area contributed by atoms with E-state index in [2.05, 4.69) is 104 Å². The minimum absolute atomic E-state index is 0.274. The predicted molar refractivity (Wildman–Crippen MR) is 168 cm³/mol. The predicted octanol–water partition coefficient (Wildman–Crippen LogP) is 8.11. The van der Waals surface area contributed by atoms with E-state index in [-0.39, 0.29) is 5.92 Å². The fraction of sp³-hybridized carbons (Fsp3) is 0.0811. The van der Waals surface area contributed by atoms with Crippen molar-refractivity contribution in [2.45, 2.75) is 19.3 Å². The molecule has 1 N–H and O–H groups in total. The van der Waals surface area contributed by atoms with E-state index >= 15 is 0 Å². The van der Waals surface area contributed by atoms with Gasteiger partial charge in [-0.05, 0) is 54.3 Å². The van der Waals surface area contributed by atoms with Crippen molar-refractivity contribution in [2.24, 2.45) is 0 Å². The highest BCUT2D eigenvalue weighted by atomic mass is 16.3. The van der Waals surface area contributed by atoms with Gasteiger partial charge in [0.2, 0.25) is 0 Å². The average Bonchev–Trinajstić information content (AvgIpc) is 3.67. The Labute approximate surface area is 236 Å². The molecule has 1 unspecified atom stereocenters. The van der Waals surface area contributed by atoms with Gasteiger partial charge in [0.25, 0.3) is 0 Å². The summed E-state index contributed by atoms with van der Waals surface area (Å²) < 4.78 is 12.8. The summed E-state index contributed by atoms with van der Waals surface area (Å²) in [7, 11) is 2.40. The van der Waals surface area contributed by atoms with Gasteiger partial charge in [-0.15, -0.1) is 0 Å². The molecule has 2 aliphatic rings. The van der Waals surface area contributed by atoms with Crippen LogP contribution in [0.15, 0.2) is 106 Å². The van der Waals surface area contributed by atoms with Crippen molar-refractivity contribution in [2.75, 3.05) is 0 Å². The van der Waals surface area contributed by atoms with Crippen LogP contribution in [0.4, 0.5) is 0 Å². The molecule has 0 spiro atoms. The molecule has 191 valence electrons. The molecule has 1 aliphatic carbocycles. The summed E-state index contributed by atoms with van der Waals surface area (Å²) in [6.45, 7) is 2.22. The van der Waals surface area contributed by atoms with Crippen molar-refractivity contribution >= 4 is 62.1 Å². The van der Waals surface area contributed by atoms with Crippen LogP contribution in [-0.4, -0.2) is 12.3 Å². The number of fused-ring (bicyclic) bond motifs is 11. The van der Waals surface area contributed by atoms with Crippen LogP contribution in [0.5, 0.6) is 0 Å². The Morgan fingerprint density at radius 2 is 1.46 bits per heavy atom. The molecule has 5 aromatic carbocycles. The number of nitrogens with one attached hydrogen (secondary N) is 1. The second-order valence-electron chi connectivity index (χ2n) is 11.6. The van der Waals surface area contributed by atoms with Crippen molar-refractivity contribution in [3.63, 3.8) is 0 Å². The number of hydrogen-bond donors (Lipinski definition) is 1. The normalized spacial score (nSPS) is 15.3. The summed E-state index contributed by atoms with van der Waals surface area (Å²) in [4.78, 5) is 3.77. The molecule has 3 aromatic heterocycles. The minimum Gasteiger partial charge on any atom is -0.456 e. The van der Waals surface area contributed by atoms with Crippen molar-refractivity contribution < 1.29 is 8.83 Å². The molecule has 4 heterocycles. The Morgan fingerprint density at radius 3 is 2.37 bits per heavy atom. The lowest BCUT2D eigenvalue weighted by atomic mass is 9.50. The van der Waals surface area contributed by atoms with E-state index in [9.17, 15) is 0 Å². The molecule has 4 heteroatoms. The van der Waals surface area contributed by atoms with Crippen molar-refractivity contribution in [3.8, 4) is 22.5 Å². The maximum absolute atomic E-state index is 6.47. The Bertz CT molecular complexity index is 2400. The van der Waals surface area contributed by atoms with Crippen molar-refractivity contribution in [3.05, 3.63) is 119 Å². The molecule has 0 amide bonds. The Balaban J connectivity index is 1.23. The molecule has 0 saturated carbocycles. The molecular formula is C37H23BNO2. The molecule has 0 fully saturated rings. The van der Waals surface area contributed by atoms with Gasteiger partial charge in [-0.3, -0.25) is 0 Å². The fourth-order valence-corrected chi connectivity index (χ4v) is 7.62. The molecule has 41 heavy (non-hydrogen) atoms. The van der Waals surface area contributed by atoms with Gasteiger partial charge < -0.3 is 13.8 Å². The maximum atomic E-state index is 6.47. The molecule has 1 atom stereocenters. The van der Waals surface area contributed by atoms with Crippen LogP contribution in [0, 0.1) is 6.92 Å². The first-order valence-corrected chi connectivity index (χ1v) is 14.3. The third kappa shape index (κ3) is 2.79. The number of rotatable bonds is 1. The van der Waals surface area contributed by atoms with E-state index in [0.29, 0.717) is 0 Å². The summed E-state index contributed by atoms with van der Waals surface area (Å²) in [6, 6.07) is 34.7. The summed E-state index contributed by atoms with van der Waals surface area (Å²) in [5.74, 6) is 1.31. The number of aryl methyl sites for hydroxylation is 1. The standard InChI is InChI=1S/C37H23BNO2/c1-19-16-26(21-10-6-12-24-34(21)39-35-22-9-3-5-15-31(22)41-37(24)35)33-27(17-19)25-18-28-20-8-2-4-14-30(20)40-36(28)23-11-7-13-29(38-33)32(23)25/h2-17,25,39H,18H2,1H3. The topological polar surface area (TPSA) is 42.1 Å². The lowest BCUT2D eigenvalue weighted by Crippen LogP contribution is -2.42. The average molecular weight is 524 g/mol. The van der Waals surface area contributed by atoms with Gasteiger partial charge >= 0.3 is 0 Å². The monoisotopic (exact) mass is 524 g/mol. The highest BCUT2D eigenvalue weighted by molar-refractivity contribution is 6.70. The zero-order valence-corrected chi connectivity index (χ0v) is 22.4. The first-order valence-electron chi connectivity index (χ1n) is 14.3.